The molecule has 1 N–H and O–H groups in total. The summed E-state index contributed by atoms with van der Waals surface area (Å²) in [7, 11) is 0. The van der Waals surface area contributed by atoms with Crippen molar-refractivity contribution in [3.05, 3.63) is 41.5 Å². The summed E-state index contributed by atoms with van der Waals surface area (Å²) >= 11 is 0. The van der Waals surface area contributed by atoms with Crippen LogP contribution in [-0.4, -0.2) is 24.5 Å². The highest BCUT2D eigenvalue weighted by Crippen LogP contribution is 2.17. The number of rotatable bonds is 5. The number of ether oxygens (including phenoxy) is 1. The molecule has 1 aliphatic rings. The van der Waals surface area contributed by atoms with Gasteiger partial charge in [-0.1, -0.05) is 55.5 Å². The molecule has 0 heterocycles. The minimum Gasteiger partial charge on any atom is -0.452 e. The Balaban J connectivity index is 1.70. The van der Waals surface area contributed by atoms with E-state index in [9.17, 15) is 9.59 Å². The molecule has 1 fully saturated rings. The maximum absolute atomic E-state index is 11.8. The minimum absolute atomic E-state index is 0.214. The molecule has 1 aromatic rings. The largest absolute Gasteiger partial charge is 0.452 e. The standard InChI is InChI=1S/C19H25NO3/c1-15-8-10-16(11-9-15)12-13-19(22)23-14-18(21)20-17-6-4-2-3-5-7-17/h8-13,17H,2-7,14H2,1H3,(H,20,21)/b13-12+. The van der Waals surface area contributed by atoms with Crippen LogP contribution in [0.2, 0.25) is 0 Å². The number of carbonyl (C=O) groups is 2. The third kappa shape index (κ3) is 6.68. The molecule has 0 spiro atoms. The molecule has 1 amide bonds. The van der Waals surface area contributed by atoms with Gasteiger partial charge in [-0.2, -0.15) is 0 Å². The van der Waals surface area contributed by atoms with E-state index in [-0.39, 0.29) is 18.6 Å². The van der Waals surface area contributed by atoms with Crippen LogP contribution in [0, 0.1) is 6.92 Å². The predicted octanol–water partition coefficient (Wildman–Crippen LogP) is 3.39. The molecule has 0 unspecified atom stereocenters. The molecule has 0 aromatic heterocycles. The van der Waals surface area contributed by atoms with Gasteiger partial charge in [-0.3, -0.25) is 4.79 Å². The monoisotopic (exact) mass is 315 g/mol. The molecule has 23 heavy (non-hydrogen) atoms. The minimum atomic E-state index is -0.499. The highest BCUT2D eigenvalue weighted by Gasteiger charge is 2.15. The lowest BCUT2D eigenvalue weighted by Gasteiger charge is -2.15. The topological polar surface area (TPSA) is 55.4 Å². The summed E-state index contributed by atoms with van der Waals surface area (Å²) in [4.78, 5) is 23.5. The quantitative estimate of drug-likeness (QED) is 0.515. The van der Waals surface area contributed by atoms with Crippen molar-refractivity contribution < 1.29 is 14.3 Å². The third-order valence-corrected chi connectivity index (χ3v) is 4.06. The summed E-state index contributed by atoms with van der Waals surface area (Å²) in [6.07, 6.45) is 9.87. The van der Waals surface area contributed by atoms with Gasteiger partial charge in [0.2, 0.25) is 0 Å². The van der Waals surface area contributed by atoms with Crippen molar-refractivity contribution in [1.29, 1.82) is 0 Å². The predicted molar refractivity (Wildman–Crippen MR) is 90.8 cm³/mol. The number of aryl methyl sites for hydroxylation is 1. The van der Waals surface area contributed by atoms with Crippen molar-refractivity contribution in [1.82, 2.24) is 5.32 Å². The van der Waals surface area contributed by atoms with Crippen molar-refractivity contribution in [2.75, 3.05) is 6.61 Å². The van der Waals surface area contributed by atoms with Gasteiger partial charge in [-0.15, -0.1) is 0 Å². The van der Waals surface area contributed by atoms with E-state index in [4.69, 9.17) is 4.74 Å². The van der Waals surface area contributed by atoms with E-state index in [0.29, 0.717) is 0 Å². The van der Waals surface area contributed by atoms with Crippen molar-refractivity contribution in [2.45, 2.75) is 51.5 Å². The summed E-state index contributed by atoms with van der Waals surface area (Å²) < 4.78 is 4.98. The van der Waals surface area contributed by atoms with Gasteiger partial charge in [0.05, 0.1) is 0 Å². The van der Waals surface area contributed by atoms with Gasteiger partial charge in [0, 0.05) is 12.1 Å². The van der Waals surface area contributed by atoms with Gasteiger partial charge >= 0.3 is 5.97 Å². The first-order chi connectivity index (χ1) is 11.1. The van der Waals surface area contributed by atoms with Crippen molar-refractivity contribution >= 4 is 18.0 Å². The first kappa shape index (κ1) is 17.3. The fourth-order valence-corrected chi connectivity index (χ4v) is 2.72. The summed E-state index contributed by atoms with van der Waals surface area (Å²) in [5.74, 6) is -0.712. The van der Waals surface area contributed by atoms with Crippen LogP contribution in [-0.2, 0) is 14.3 Å². The van der Waals surface area contributed by atoms with Gasteiger partial charge in [-0.05, 0) is 31.4 Å². The zero-order valence-corrected chi connectivity index (χ0v) is 13.7. The lowest BCUT2D eigenvalue weighted by atomic mass is 10.1. The highest BCUT2D eigenvalue weighted by atomic mass is 16.5. The molecular weight excluding hydrogens is 290 g/mol. The Morgan fingerprint density at radius 2 is 1.78 bits per heavy atom. The smallest absolute Gasteiger partial charge is 0.331 e. The van der Waals surface area contributed by atoms with Crippen molar-refractivity contribution in [3.8, 4) is 0 Å². The molecule has 0 atom stereocenters. The zero-order chi connectivity index (χ0) is 16.5. The molecule has 0 saturated heterocycles. The Morgan fingerprint density at radius 3 is 2.43 bits per heavy atom. The number of hydrogen-bond donors (Lipinski definition) is 1. The first-order valence-electron chi connectivity index (χ1n) is 8.34. The van der Waals surface area contributed by atoms with E-state index >= 15 is 0 Å². The maximum atomic E-state index is 11.8. The van der Waals surface area contributed by atoms with Crippen LogP contribution in [0.15, 0.2) is 30.3 Å². The number of carbonyl (C=O) groups excluding carboxylic acids is 2. The zero-order valence-electron chi connectivity index (χ0n) is 13.7. The molecule has 0 aliphatic heterocycles. The highest BCUT2D eigenvalue weighted by molar-refractivity contribution is 5.89. The van der Waals surface area contributed by atoms with Crippen LogP contribution in [0.1, 0.15) is 49.7 Å². The van der Waals surface area contributed by atoms with Gasteiger partial charge < -0.3 is 10.1 Å². The van der Waals surface area contributed by atoms with E-state index in [0.717, 1.165) is 31.2 Å². The molecule has 1 aliphatic carbocycles. The van der Waals surface area contributed by atoms with E-state index in [1.807, 2.05) is 31.2 Å². The summed E-state index contributed by atoms with van der Waals surface area (Å²) in [5, 5.41) is 2.95. The summed E-state index contributed by atoms with van der Waals surface area (Å²) in [6, 6.07) is 8.04. The van der Waals surface area contributed by atoms with Gasteiger partial charge in [0.25, 0.3) is 5.91 Å². The fraction of sp³-hybridized carbons (Fsp3) is 0.474. The number of hydrogen-bond acceptors (Lipinski definition) is 3. The van der Waals surface area contributed by atoms with Crippen LogP contribution >= 0.6 is 0 Å². The van der Waals surface area contributed by atoms with Crippen molar-refractivity contribution in [3.63, 3.8) is 0 Å². The van der Waals surface area contributed by atoms with Gasteiger partial charge in [0.15, 0.2) is 6.61 Å². The second kappa shape index (κ2) is 9.13. The van der Waals surface area contributed by atoms with Crippen LogP contribution in [0.4, 0.5) is 0 Å². The number of esters is 1. The third-order valence-electron chi connectivity index (χ3n) is 4.06. The SMILES string of the molecule is Cc1ccc(/C=C/C(=O)OCC(=O)NC2CCCCCC2)cc1. The first-order valence-corrected chi connectivity index (χ1v) is 8.34. The van der Waals surface area contributed by atoms with Gasteiger partial charge in [0.1, 0.15) is 0 Å². The molecule has 124 valence electrons. The number of amides is 1. The van der Waals surface area contributed by atoms with Crippen LogP contribution < -0.4 is 5.32 Å². The molecule has 0 bridgehead atoms. The molecule has 4 nitrogen and oxygen atoms in total. The summed E-state index contributed by atoms with van der Waals surface area (Å²) in [5.41, 5.74) is 2.09. The Kier molecular flexibility index (Phi) is 6.85. The van der Waals surface area contributed by atoms with Crippen LogP contribution in [0.3, 0.4) is 0 Å². The lowest BCUT2D eigenvalue weighted by Crippen LogP contribution is -2.37. The second-order valence-electron chi connectivity index (χ2n) is 6.11. The Hall–Kier alpha value is -2.10. The lowest BCUT2D eigenvalue weighted by molar-refractivity contribution is -0.144. The molecular formula is C19H25NO3. The van der Waals surface area contributed by atoms with E-state index in [2.05, 4.69) is 5.32 Å². The van der Waals surface area contributed by atoms with E-state index < -0.39 is 5.97 Å². The summed E-state index contributed by atoms with van der Waals surface area (Å²) in [6.45, 7) is 1.79. The average Bonchev–Trinajstić information content (AvgIpc) is 2.81. The Morgan fingerprint density at radius 1 is 1.13 bits per heavy atom. The van der Waals surface area contributed by atoms with Gasteiger partial charge in [-0.25, -0.2) is 4.79 Å². The van der Waals surface area contributed by atoms with Crippen molar-refractivity contribution in [2.24, 2.45) is 0 Å². The molecule has 2 rings (SSSR count). The second-order valence-corrected chi connectivity index (χ2v) is 6.11. The average molecular weight is 315 g/mol. The van der Waals surface area contributed by atoms with E-state index in [1.165, 1.54) is 24.5 Å². The maximum Gasteiger partial charge on any atom is 0.331 e. The normalized spacial score (nSPS) is 16.0. The molecule has 1 saturated carbocycles. The number of nitrogens with one attached hydrogen (secondary N) is 1. The molecule has 0 radical (unpaired) electrons. The molecule has 4 heteroatoms. The fourth-order valence-electron chi connectivity index (χ4n) is 2.72. The van der Waals surface area contributed by atoms with Crippen LogP contribution in [0.25, 0.3) is 6.08 Å². The van der Waals surface area contributed by atoms with E-state index in [1.54, 1.807) is 6.08 Å². The Labute approximate surface area is 137 Å². The van der Waals surface area contributed by atoms with Crippen LogP contribution in [0.5, 0.6) is 0 Å². The molecule has 1 aromatic carbocycles. The Bertz CT molecular complexity index is 540. The number of benzene rings is 1.